The van der Waals surface area contributed by atoms with E-state index < -0.39 is 0 Å². The Morgan fingerprint density at radius 2 is 2.24 bits per heavy atom. The second kappa shape index (κ2) is 5.88. The van der Waals surface area contributed by atoms with Crippen LogP contribution in [0, 0.1) is 11.3 Å². The molecule has 1 aromatic carbocycles. The van der Waals surface area contributed by atoms with Crippen LogP contribution in [0.15, 0.2) is 29.6 Å². The second-order valence-corrected chi connectivity index (χ2v) is 6.02. The fourth-order valence-electron chi connectivity index (χ4n) is 2.53. The van der Waals surface area contributed by atoms with Crippen LogP contribution in [0.5, 0.6) is 0 Å². The molecule has 106 valence electrons. The first-order chi connectivity index (χ1) is 10.3. The molecule has 0 N–H and O–H groups in total. The highest BCUT2D eigenvalue weighted by atomic mass is 35.5. The molecule has 3 nitrogen and oxygen atoms in total. The van der Waals surface area contributed by atoms with Crippen LogP contribution in [-0.4, -0.2) is 9.55 Å². The maximum atomic E-state index is 9.22. The van der Waals surface area contributed by atoms with Crippen LogP contribution < -0.4 is 0 Å². The maximum Gasteiger partial charge on any atom is 0.125 e. The molecule has 0 amide bonds. The summed E-state index contributed by atoms with van der Waals surface area (Å²) < 4.78 is 2.12. The fourth-order valence-corrected chi connectivity index (χ4v) is 3.70. The Morgan fingerprint density at radius 1 is 1.38 bits per heavy atom. The minimum atomic E-state index is 0.340. The van der Waals surface area contributed by atoms with Crippen molar-refractivity contribution in [3.8, 4) is 6.07 Å². The molecule has 5 heteroatoms. The highest BCUT2D eigenvalue weighted by molar-refractivity contribution is 7.10. The smallest absolute Gasteiger partial charge is 0.125 e. The number of aromatic nitrogens is 2. The molecule has 3 aromatic rings. The third-order valence-electron chi connectivity index (χ3n) is 3.62. The minimum absolute atomic E-state index is 0.340. The molecule has 0 atom stereocenters. The molecule has 0 aliphatic heterocycles. The average Bonchev–Trinajstić information content (AvgIpc) is 3.11. The van der Waals surface area contributed by atoms with E-state index in [0.29, 0.717) is 11.4 Å². The lowest BCUT2D eigenvalue weighted by Gasteiger charge is -2.08. The molecule has 0 radical (unpaired) electrons. The van der Waals surface area contributed by atoms with Crippen LogP contribution in [0.3, 0.4) is 0 Å². The summed E-state index contributed by atoms with van der Waals surface area (Å²) in [7, 11) is 0. The predicted molar refractivity (Wildman–Crippen MR) is 86.8 cm³/mol. The molecule has 0 saturated carbocycles. The van der Waals surface area contributed by atoms with Crippen molar-refractivity contribution < 1.29 is 0 Å². The van der Waals surface area contributed by atoms with E-state index in [4.69, 9.17) is 11.6 Å². The Labute approximate surface area is 132 Å². The maximum absolute atomic E-state index is 9.22. The molecule has 0 bridgehead atoms. The summed E-state index contributed by atoms with van der Waals surface area (Å²) in [6, 6.07) is 10.1. The molecular formula is C16H14ClN3S. The van der Waals surface area contributed by atoms with E-state index in [-0.39, 0.29) is 0 Å². The van der Waals surface area contributed by atoms with Crippen molar-refractivity contribution in [1.82, 2.24) is 9.55 Å². The molecule has 0 fully saturated rings. The highest BCUT2D eigenvalue weighted by Crippen LogP contribution is 2.25. The van der Waals surface area contributed by atoms with Crippen LogP contribution in [0.1, 0.15) is 28.8 Å². The van der Waals surface area contributed by atoms with Crippen molar-refractivity contribution in [1.29, 1.82) is 5.26 Å². The van der Waals surface area contributed by atoms with Gasteiger partial charge in [-0.2, -0.15) is 5.26 Å². The molecular weight excluding hydrogens is 302 g/mol. The number of hydrogen-bond donors (Lipinski definition) is 0. The molecule has 0 unspecified atom stereocenters. The Hall–Kier alpha value is -1.83. The van der Waals surface area contributed by atoms with E-state index in [1.165, 1.54) is 10.4 Å². The van der Waals surface area contributed by atoms with Gasteiger partial charge >= 0.3 is 0 Å². The molecule has 3 rings (SSSR count). The van der Waals surface area contributed by atoms with Gasteiger partial charge in [-0.1, -0.05) is 13.0 Å². The molecule has 0 spiro atoms. The van der Waals surface area contributed by atoms with Gasteiger partial charge in [-0.15, -0.1) is 22.9 Å². The van der Waals surface area contributed by atoms with Crippen molar-refractivity contribution >= 4 is 34.0 Å². The van der Waals surface area contributed by atoms with Gasteiger partial charge in [-0.25, -0.2) is 4.98 Å². The molecule has 0 saturated heterocycles. The molecule has 2 aromatic heterocycles. The van der Waals surface area contributed by atoms with Gasteiger partial charge in [-0.3, -0.25) is 0 Å². The lowest BCUT2D eigenvalue weighted by atomic mass is 10.2. The van der Waals surface area contributed by atoms with Gasteiger partial charge < -0.3 is 4.57 Å². The zero-order chi connectivity index (χ0) is 14.8. The molecule has 2 heterocycles. The summed E-state index contributed by atoms with van der Waals surface area (Å²) in [5.41, 5.74) is 3.67. The third-order valence-corrected chi connectivity index (χ3v) is 4.81. The van der Waals surface area contributed by atoms with Crippen LogP contribution in [0.4, 0.5) is 0 Å². The van der Waals surface area contributed by atoms with Gasteiger partial charge in [0.15, 0.2) is 0 Å². The summed E-state index contributed by atoms with van der Waals surface area (Å²) in [5.74, 6) is 1.15. The van der Waals surface area contributed by atoms with Crippen LogP contribution in [0.2, 0.25) is 0 Å². The average molecular weight is 316 g/mol. The summed E-state index contributed by atoms with van der Waals surface area (Å²) in [4.78, 5) is 5.88. The van der Waals surface area contributed by atoms with Gasteiger partial charge in [0, 0.05) is 4.88 Å². The number of para-hydroxylation sites is 1. The number of nitriles is 1. The summed E-state index contributed by atoms with van der Waals surface area (Å²) in [5, 5.41) is 11.3. The number of nitrogens with zero attached hydrogens (tertiary/aromatic N) is 3. The fraction of sp³-hybridized carbons (Fsp3) is 0.250. The van der Waals surface area contributed by atoms with E-state index in [1.807, 2.05) is 12.1 Å². The van der Waals surface area contributed by atoms with Crippen molar-refractivity contribution in [2.75, 3.05) is 0 Å². The van der Waals surface area contributed by atoms with Crippen molar-refractivity contribution in [3.63, 3.8) is 0 Å². The number of imidazole rings is 1. The van der Waals surface area contributed by atoms with Gasteiger partial charge in [0.25, 0.3) is 0 Å². The quantitative estimate of drug-likeness (QED) is 0.673. The van der Waals surface area contributed by atoms with E-state index in [2.05, 4.69) is 34.0 Å². The SMILES string of the molecule is CCc1ccsc1Cn1c(CCl)nc2c(C#N)cccc21. The minimum Gasteiger partial charge on any atom is -0.322 e. The number of aryl methyl sites for hydroxylation is 1. The van der Waals surface area contributed by atoms with E-state index in [1.54, 1.807) is 17.4 Å². The van der Waals surface area contributed by atoms with Crippen LogP contribution in [-0.2, 0) is 18.8 Å². The van der Waals surface area contributed by atoms with Gasteiger partial charge in [0.1, 0.15) is 17.4 Å². The van der Waals surface area contributed by atoms with Crippen LogP contribution in [0.25, 0.3) is 11.0 Å². The van der Waals surface area contributed by atoms with E-state index in [0.717, 1.165) is 29.8 Å². The summed E-state index contributed by atoms with van der Waals surface area (Å²) in [6.45, 7) is 2.92. The monoisotopic (exact) mass is 315 g/mol. The first-order valence-electron chi connectivity index (χ1n) is 6.78. The van der Waals surface area contributed by atoms with E-state index in [9.17, 15) is 5.26 Å². The number of rotatable bonds is 4. The van der Waals surface area contributed by atoms with Crippen molar-refractivity contribution in [2.45, 2.75) is 25.8 Å². The number of halogens is 1. The van der Waals surface area contributed by atoms with Gasteiger partial charge in [-0.05, 0) is 35.6 Å². The first-order valence-corrected chi connectivity index (χ1v) is 8.19. The Balaban J connectivity index is 2.15. The Morgan fingerprint density at radius 3 is 2.95 bits per heavy atom. The zero-order valence-electron chi connectivity index (χ0n) is 11.6. The third kappa shape index (κ3) is 2.44. The Bertz CT molecular complexity index is 826. The number of hydrogen-bond acceptors (Lipinski definition) is 3. The van der Waals surface area contributed by atoms with E-state index >= 15 is 0 Å². The number of thiophene rings is 1. The lowest BCUT2D eigenvalue weighted by Crippen LogP contribution is -2.04. The summed E-state index contributed by atoms with van der Waals surface area (Å²) >= 11 is 7.80. The normalized spacial score (nSPS) is 10.9. The number of alkyl halides is 1. The lowest BCUT2D eigenvalue weighted by molar-refractivity contribution is 0.782. The molecule has 21 heavy (non-hydrogen) atoms. The highest BCUT2D eigenvalue weighted by Gasteiger charge is 2.14. The van der Waals surface area contributed by atoms with Crippen molar-refractivity contribution in [3.05, 3.63) is 51.5 Å². The van der Waals surface area contributed by atoms with Gasteiger partial charge in [0.2, 0.25) is 0 Å². The summed E-state index contributed by atoms with van der Waals surface area (Å²) in [6.07, 6.45) is 1.02. The topological polar surface area (TPSA) is 41.6 Å². The first kappa shape index (κ1) is 14.1. The standard InChI is InChI=1S/C16H14ClN3S/c1-2-11-6-7-21-14(11)10-20-13-5-3-4-12(9-18)16(13)19-15(20)8-17/h3-7H,2,8,10H2,1H3. The van der Waals surface area contributed by atoms with Gasteiger partial charge in [0.05, 0.1) is 23.5 Å². The predicted octanol–water partition coefficient (Wildman–Crippen LogP) is 4.32. The largest absolute Gasteiger partial charge is 0.322 e. The number of fused-ring (bicyclic) bond motifs is 1. The van der Waals surface area contributed by atoms with Crippen molar-refractivity contribution in [2.24, 2.45) is 0 Å². The second-order valence-electron chi connectivity index (χ2n) is 4.76. The molecule has 0 aliphatic rings. The number of benzene rings is 1. The van der Waals surface area contributed by atoms with Crippen LogP contribution >= 0.6 is 22.9 Å². The zero-order valence-corrected chi connectivity index (χ0v) is 13.2. The Kier molecular flexibility index (Phi) is 3.96. The molecule has 0 aliphatic carbocycles.